The van der Waals surface area contributed by atoms with Crippen LogP contribution in [0.4, 0.5) is 4.39 Å². The molecule has 1 fully saturated rings. The van der Waals surface area contributed by atoms with Crippen molar-refractivity contribution in [3.63, 3.8) is 0 Å². The van der Waals surface area contributed by atoms with Crippen LogP contribution in [0.3, 0.4) is 0 Å². The number of rotatable bonds is 5. The van der Waals surface area contributed by atoms with Crippen molar-refractivity contribution in [3.05, 3.63) is 57.0 Å². The van der Waals surface area contributed by atoms with Gasteiger partial charge in [0.15, 0.2) is 5.82 Å². The number of nitriles is 1. The molecule has 33 heavy (non-hydrogen) atoms. The molecule has 0 saturated heterocycles. The fourth-order valence-electron chi connectivity index (χ4n) is 3.74. The topological polar surface area (TPSA) is 136 Å². The minimum atomic E-state index is -0.754. The smallest absolute Gasteiger partial charge is 0.290 e. The van der Waals surface area contributed by atoms with Crippen LogP contribution in [0.5, 0.6) is 5.75 Å². The summed E-state index contributed by atoms with van der Waals surface area (Å²) in [5.41, 5.74) is 7.33. The lowest BCUT2D eigenvalue weighted by Gasteiger charge is -2.15. The second kappa shape index (κ2) is 7.95. The summed E-state index contributed by atoms with van der Waals surface area (Å²) in [6, 6.07) is 5.09. The van der Waals surface area contributed by atoms with Crippen molar-refractivity contribution in [1.29, 1.82) is 5.26 Å². The average Bonchev–Trinajstić information content (AvgIpc) is 3.55. The molecule has 166 valence electrons. The third-order valence-electron chi connectivity index (χ3n) is 5.50. The molecule has 4 aromatic rings. The van der Waals surface area contributed by atoms with Crippen molar-refractivity contribution in [2.75, 3.05) is 0 Å². The fraction of sp³-hybridized carbons (Fsp3) is 0.227. The third-order valence-corrected chi connectivity index (χ3v) is 5.77. The first kappa shape index (κ1) is 21.1. The quantitative estimate of drug-likeness (QED) is 0.462. The Balaban J connectivity index is 1.76. The summed E-state index contributed by atoms with van der Waals surface area (Å²) >= 11 is 6.19. The van der Waals surface area contributed by atoms with Crippen LogP contribution >= 0.6 is 11.6 Å². The Bertz CT molecular complexity index is 1520. The monoisotopic (exact) mass is 465 g/mol. The lowest BCUT2D eigenvalue weighted by molar-refractivity contribution is 0.302. The zero-order valence-corrected chi connectivity index (χ0v) is 18.1. The lowest BCUT2D eigenvalue weighted by atomic mass is 9.97. The average molecular weight is 466 g/mol. The Hall–Kier alpha value is -3.81. The summed E-state index contributed by atoms with van der Waals surface area (Å²) in [6.45, 7) is 0.0850. The van der Waals surface area contributed by atoms with Gasteiger partial charge >= 0.3 is 0 Å². The van der Waals surface area contributed by atoms with Crippen molar-refractivity contribution >= 4 is 22.5 Å². The summed E-state index contributed by atoms with van der Waals surface area (Å²) in [4.78, 5) is 16.4. The molecule has 1 aromatic carbocycles. The number of pyridine rings is 1. The molecular weight excluding hydrogens is 449 g/mol. The highest BCUT2D eigenvalue weighted by atomic mass is 35.5. The van der Waals surface area contributed by atoms with Crippen molar-refractivity contribution in [3.8, 4) is 34.2 Å². The second-order valence-corrected chi connectivity index (χ2v) is 8.11. The number of hydrogen-bond donors (Lipinski definition) is 2. The molecule has 0 aliphatic heterocycles. The molecule has 0 bridgehead atoms. The number of benzene rings is 1. The second-order valence-electron chi connectivity index (χ2n) is 7.70. The summed E-state index contributed by atoms with van der Waals surface area (Å²) < 4.78 is 22.7. The predicted molar refractivity (Wildman–Crippen MR) is 119 cm³/mol. The Kier molecular flexibility index (Phi) is 5.08. The van der Waals surface area contributed by atoms with Gasteiger partial charge in [-0.1, -0.05) is 11.6 Å². The van der Waals surface area contributed by atoms with Crippen LogP contribution in [0.25, 0.3) is 33.3 Å². The van der Waals surface area contributed by atoms with Gasteiger partial charge in [-0.05, 0) is 18.9 Å². The van der Waals surface area contributed by atoms with Crippen molar-refractivity contribution in [2.45, 2.75) is 25.5 Å². The normalized spacial score (nSPS) is 13.3. The summed E-state index contributed by atoms with van der Waals surface area (Å²) in [7, 11) is 1.63. The van der Waals surface area contributed by atoms with Gasteiger partial charge in [-0.25, -0.2) is 14.5 Å². The first-order valence-electron chi connectivity index (χ1n) is 10.1. The Morgan fingerprint density at radius 3 is 2.88 bits per heavy atom. The highest BCUT2D eigenvalue weighted by Crippen LogP contribution is 2.42. The van der Waals surface area contributed by atoms with Gasteiger partial charge in [0, 0.05) is 42.4 Å². The molecule has 5 rings (SSSR count). The minimum absolute atomic E-state index is 0.0116. The molecule has 1 aliphatic rings. The number of nitrogens with zero attached hydrogens (tertiary/aromatic N) is 5. The van der Waals surface area contributed by atoms with Crippen LogP contribution < -0.4 is 16.0 Å². The summed E-state index contributed by atoms with van der Waals surface area (Å²) in [5, 5.41) is 20.8. The van der Waals surface area contributed by atoms with Gasteiger partial charge in [0.25, 0.3) is 5.56 Å². The minimum Gasteiger partial charge on any atom is -0.489 e. The van der Waals surface area contributed by atoms with Gasteiger partial charge < -0.3 is 10.5 Å². The Morgan fingerprint density at radius 1 is 1.39 bits per heavy atom. The van der Waals surface area contributed by atoms with E-state index in [0.717, 1.165) is 12.8 Å². The maximum Gasteiger partial charge on any atom is 0.290 e. The largest absolute Gasteiger partial charge is 0.489 e. The molecule has 1 aliphatic carbocycles. The van der Waals surface area contributed by atoms with Crippen LogP contribution in [0, 0.1) is 17.1 Å². The highest BCUT2D eigenvalue weighted by Gasteiger charge is 2.29. The summed E-state index contributed by atoms with van der Waals surface area (Å²) in [6.07, 6.45) is 4.73. The number of ether oxygens (including phenoxy) is 1. The number of halogens is 2. The number of hydrogen-bond acceptors (Lipinski definition) is 7. The molecule has 0 atom stereocenters. The van der Waals surface area contributed by atoms with E-state index in [1.807, 2.05) is 0 Å². The van der Waals surface area contributed by atoms with E-state index in [2.05, 4.69) is 26.3 Å². The molecule has 0 amide bonds. The molecule has 0 unspecified atom stereocenters. The number of H-pyrrole nitrogens is 1. The van der Waals surface area contributed by atoms with Gasteiger partial charge in [0.05, 0.1) is 34.3 Å². The maximum atomic E-state index is 15.4. The number of fused-ring (bicyclic) bond motifs is 1. The number of nitrogens with two attached hydrogens (primary N) is 1. The zero-order valence-electron chi connectivity index (χ0n) is 17.4. The van der Waals surface area contributed by atoms with Gasteiger partial charge in [-0.3, -0.25) is 9.48 Å². The third kappa shape index (κ3) is 3.51. The molecule has 3 N–H and O–H groups in total. The Morgan fingerprint density at radius 2 is 2.18 bits per heavy atom. The van der Waals surface area contributed by atoms with E-state index in [9.17, 15) is 10.1 Å². The molecule has 11 heteroatoms. The molecular formula is C22H17ClFN7O2. The van der Waals surface area contributed by atoms with Crippen molar-refractivity contribution < 1.29 is 9.13 Å². The molecule has 1 saturated carbocycles. The van der Waals surface area contributed by atoms with E-state index in [0.29, 0.717) is 27.9 Å². The van der Waals surface area contributed by atoms with E-state index in [4.69, 9.17) is 22.1 Å². The van der Waals surface area contributed by atoms with E-state index in [-0.39, 0.29) is 40.1 Å². The van der Waals surface area contributed by atoms with Crippen LogP contribution in [-0.4, -0.2) is 31.1 Å². The first-order chi connectivity index (χ1) is 15.9. The van der Waals surface area contributed by atoms with Crippen LogP contribution in [0.1, 0.15) is 24.1 Å². The number of nitrogens with one attached hydrogen (secondary N) is 1. The van der Waals surface area contributed by atoms with E-state index in [1.54, 1.807) is 13.1 Å². The molecule has 9 nitrogen and oxygen atoms in total. The maximum absolute atomic E-state index is 15.4. The standard InChI is InChI=1S/C22H17ClFN7O2/c1-31-21(18-13(6-25)17(33-11-2-3-11)5-15(23)19(18)24)14(9-28-31)10-4-12-16(7-26)29-30-22(32)20(12)27-8-10/h4-5,8-9,11H,2-3,7,26H2,1H3,(H,30,32). The van der Waals surface area contributed by atoms with E-state index >= 15 is 4.39 Å². The predicted octanol–water partition coefficient (Wildman–Crippen LogP) is 3.05. The van der Waals surface area contributed by atoms with Gasteiger partial charge in [0.2, 0.25) is 0 Å². The number of aromatic nitrogens is 5. The number of aromatic amines is 1. The summed E-state index contributed by atoms with van der Waals surface area (Å²) in [5.74, 6) is -0.526. The van der Waals surface area contributed by atoms with Gasteiger partial charge in [-0.15, -0.1) is 0 Å². The first-order valence-corrected chi connectivity index (χ1v) is 10.5. The van der Waals surface area contributed by atoms with E-state index in [1.165, 1.54) is 23.1 Å². The van der Waals surface area contributed by atoms with Crippen LogP contribution in [0.15, 0.2) is 29.3 Å². The fourth-order valence-corrected chi connectivity index (χ4v) is 3.93. The molecule has 3 aromatic heterocycles. The van der Waals surface area contributed by atoms with E-state index < -0.39 is 11.4 Å². The van der Waals surface area contributed by atoms with Gasteiger partial charge in [0.1, 0.15) is 22.9 Å². The van der Waals surface area contributed by atoms with Crippen LogP contribution in [-0.2, 0) is 13.6 Å². The number of aryl methyl sites for hydroxylation is 1. The van der Waals surface area contributed by atoms with Gasteiger partial charge in [-0.2, -0.15) is 15.5 Å². The molecule has 0 radical (unpaired) electrons. The molecule has 0 spiro atoms. The highest BCUT2D eigenvalue weighted by molar-refractivity contribution is 6.31. The Labute approximate surface area is 191 Å². The molecule has 3 heterocycles. The zero-order chi connectivity index (χ0) is 23.3. The lowest BCUT2D eigenvalue weighted by Crippen LogP contribution is -2.14. The van der Waals surface area contributed by atoms with Crippen molar-refractivity contribution in [1.82, 2.24) is 25.0 Å². The van der Waals surface area contributed by atoms with Crippen molar-refractivity contribution in [2.24, 2.45) is 12.8 Å². The van der Waals surface area contributed by atoms with Crippen LogP contribution in [0.2, 0.25) is 5.02 Å². The SMILES string of the molecule is Cn1ncc(-c2cnc3c(=O)[nH]nc(CN)c3c2)c1-c1c(F)c(Cl)cc(OC2CC2)c1C#N.